The Morgan fingerprint density at radius 1 is 0.808 bits per heavy atom. The van der Waals surface area contributed by atoms with Crippen LogP contribution in [0.1, 0.15) is 5.69 Å². The number of nitrogens with zero attached hydrogens (tertiary/aromatic N) is 4. The third-order valence-electron chi connectivity index (χ3n) is 2.68. The molecule has 0 spiro atoms. The van der Waals surface area contributed by atoms with E-state index in [9.17, 15) is 0 Å². The number of nitrogen functional groups attached to an aromatic ring is 2. The molecule has 26 heavy (non-hydrogen) atoms. The number of hydrogen-bond acceptors (Lipinski definition) is 6. The van der Waals surface area contributed by atoms with Gasteiger partial charge in [-0.2, -0.15) is 0 Å². The van der Waals surface area contributed by atoms with Crippen molar-refractivity contribution in [3.05, 3.63) is 84.0 Å². The topological polar surface area (TPSA) is 104 Å². The monoisotopic (exact) mass is 409 g/mol. The first kappa shape index (κ1) is 21.0. The van der Waals surface area contributed by atoms with Gasteiger partial charge in [-0.15, -0.1) is 32.9 Å². The van der Waals surface area contributed by atoms with Crippen LogP contribution in [0.5, 0.6) is 0 Å². The molecule has 2 heterocycles. The Balaban J connectivity index is 0.000000195. The molecule has 0 bridgehead atoms. The van der Waals surface area contributed by atoms with E-state index >= 15 is 0 Å². The van der Waals surface area contributed by atoms with Crippen LogP contribution in [-0.2, 0) is 0 Å². The highest BCUT2D eigenvalue weighted by atomic mass is 79.9. The van der Waals surface area contributed by atoms with Crippen molar-refractivity contribution in [2.45, 2.75) is 0 Å². The molecular formula is C18H19BBrN6. The number of halogens is 1. The van der Waals surface area contributed by atoms with Crippen LogP contribution < -0.4 is 16.9 Å². The maximum atomic E-state index is 5.27. The molecular weight excluding hydrogens is 391 g/mol. The van der Waals surface area contributed by atoms with Crippen molar-refractivity contribution in [2.24, 2.45) is 0 Å². The summed E-state index contributed by atoms with van der Waals surface area (Å²) in [7, 11) is 1.97. The molecule has 0 saturated heterocycles. The van der Waals surface area contributed by atoms with Crippen LogP contribution >= 0.6 is 15.9 Å². The summed E-state index contributed by atoms with van der Waals surface area (Å²) in [5.41, 5.74) is 12.4. The Hall–Kier alpha value is -3.00. The van der Waals surface area contributed by atoms with Gasteiger partial charge in [0.1, 0.15) is 16.2 Å². The molecule has 3 aromatic rings. The molecule has 0 aliphatic rings. The first-order valence-electron chi connectivity index (χ1n) is 7.52. The van der Waals surface area contributed by atoms with Gasteiger partial charge in [0.2, 0.25) is 0 Å². The maximum absolute atomic E-state index is 5.27. The lowest BCUT2D eigenvalue weighted by Gasteiger charge is -1.89. The Kier molecular flexibility index (Phi) is 10.0. The lowest BCUT2D eigenvalue weighted by Crippen LogP contribution is -2.09. The smallest absolute Gasteiger partial charge is 0.180 e. The molecule has 1 aromatic carbocycles. The second kappa shape index (κ2) is 12.4. The van der Waals surface area contributed by atoms with Gasteiger partial charge >= 0.3 is 0 Å². The first-order chi connectivity index (χ1) is 12.5. The fourth-order valence-electron chi connectivity index (χ4n) is 1.49. The zero-order valence-electron chi connectivity index (χ0n) is 14.2. The van der Waals surface area contributed by atoms with Crippen molar-refractivity contribution in [3.63, 3.8) is 0 Å². The minimum absolute atomic E-state index is 0.431. The van der Waals surface area contributed by atoms with E-state index < -0.39 is 0 Å². The van der Waals surface area contributed by atoms with Crippen LogP contribution in [0.4, 0.5) is 11.6 Å². The van der Waals surface area contributed by atoms with Crippen molar-refractivity contribution in [2.75, 3.05) is 11.5 Å². The summed E-state index contributed by atoms with van der Waals surface area (Å²) in [4.78, 5) is 0. The quantitative estimate of drug-likeness (QED) is 0.644. The highest BCUT2D eigenvalue weighted by molar-refractivity contribution is 9.10. The second-order valence-corrected chi connectivity index (χ2v) is 5.49. The van der Waals surface area contributed by atoms with Crippen LogP contribution in [-0.4, -0.2) is 27.7 Å². The van der Waals surface area contributed by atoms with E-state index in [2.05, 4.69) is 49.5 Å². The van der Waals surface area contributed by atoms with E-state index in [1.807, 2.05) is 37.6 Å². The highest BCUT2D eigenvalue weighted by Crippen LogP contribution is 2.03. The third-order valence-corrected chi connectivity index (χ3v) is 3.10. The molecule has 3 rings (SSSR count). The predicted molar refractivity (Wildman–Crippen MR) is 113 cm³/mol. The van der Waals surface area contributed by atoms with Gasteiger partial charge in [0.05, 0.1) is 5.69 Å². The molecule has 2 aromatic heterocycles. The number of benzene rings is 1. The van der Waals surface area contributed by atoms with Gasteiger partial charge in [0, 0.05) is 0 Å². The minimum Gasteiger partial charge on any atom is -0.382 e. The fourth-order valence-corrected chi connectivity index (χ4v) is 1.70. The number of rotatable bonds is 3. The Bertz CT molecular complexity index is 758. The Morgan fingerprint density at radius 3 is 1.85 bits per heavy atom. The standard InChI is InChI=1S/C8H8B.C6H7N3.C4H4BrN3/c1-2-9-8-6-4-3-5-7-8;1-2-5-3-4-6(7)9-8-5;5-3-1-2-4(6)8-7-3/h2-7H,1H2;2-4H,1H2,(H2,7,9);1-2H,(H2,6,8). The van der Waals surface area contributed by atoms with E-state index in [0.29, 0.717) is 16.2 Å². The summed E-state index contributed by atoms with van der Waals surface area (Å²) in [6.07, 6.45) is 1.62. The zero-order chi connectivity index (χ0) is 19.2. The maximum Gasteiger partial charge on any atom is 0.180 e. The van der Waals surface area contributed by atoms with Gasteiger partial charge in [0.15, 0.2) is 7.28 Å². The molecule has 0 fully saturated rings. The van der Waals surface area contributed by atoms with Gasteiger partial charge in [-0.25, -0.2) is 0 Å². The number of hydrogen-bond donors (Lipinski definition) is 2. The van der Waals surface area contributed by atoms with Gasteiger partial charge in [-0.3, -0.25) is 0 Å². The number of nitrogens with two attached hydrogens (primary N) is 2. The highest BCUT2D eigenvalue weighted by Gasteiger charge is 1.86. The first-order valence-corrected chi connectivity index (χ1v) is 8.31. The summed E-state index contributed by atoms with van der Waals surface area (Å²) in [6, 6.07) is 17.0. The summed E-state index contributed by atoms with van der Waals surface area (Å²) in [5.74, 6) is 2.66. The minimum atomic E-state index is 0.431. The van der Waals surface area contributed by atoms with Crippen molar-refractivity contribution in [1.29, 1.82) is 0 Å². The average Bonchev–Trinajstić information content (AvgIpc) is 2.67. The van der Waals surface area contributed by atoms with E-state index in [1.54, 1.807) is 36.3 Å². The number of anilines is 2. The van der Waals surface area contributed by atoms with Crippen LogP contribution in [0, 0.1) is 0 Å². The molecule has 6 nitrogen and oxygen atoms in total. The molecule has 0 unspecified atom stereocenters. The van der Waals surface area contributed by atoms with Crippen LogP contribution in [0.2, 0.25) is 0 Å². The SMILES string of the molecule is C=C[B]c1ccccc1.C=Cc1ccc(N)nn1.Nc1ccc(Br)nn1. The van der Waals surface area contributed by atoms with Crippen molar-refractivity contribution in [3.8, 4) is 0 Å². The second-order valence-electron chi connectivity index (χ2n) is 4.68. The third kappa shape index (κ3) is 9.34. The molecule has 1 radical (unpaired) electrons. The molecule has 4 N–H and O–H groups in total. The van der Waals surface area contributed by atoms with Crippen LogP contribution in [0.15, 0.2) is 78.3 Å². The largest absolute Gasteiger partial charge is 0.382 e. The molecule has 0 amide bonds. The van der Waals surface area contributed by atoms with Crippen molar-refractivity contribution >= 4 is 46.4 Å². The molecule has 0 aliphatic heterocycles. The number of aromatic nitrogens is 4. The molecule has 8 heteroatoms. The van der Waals surface area contributed by atoms with E-state index in [0.717, 1.165) is 5.69 Å². The summed E-state index contributed by atoms with van der Waals surface area (Å²) in [5, 5.41) is 14.5. The van der Waals surface area contributed by atoms with Crippen molar-refractivity contribution in [1.82, 2.24) is 20.4 Å². The average molecular weight is 410 g/mol. The summed E-state index contributed by atoms with van der Waals surface area (Å²) >= 11 is 3.12. The Labute approximate surface area is 162 Å². The van der Waals surface area contributed by atoms with Gasteiger partial charge < -0.3 is 11.5 Å². The zero-order valence-corrected chi connectivity index (χ0v) is 15.7. The summed E-state index contributed by atoms with van der Waals surface area (Å²) < 4.78 is 0.701. The van der Waals surface area contributed by atoms with Crippen LogP contribution in [0.3, 0.4) is 0 Å². The lowest BCUT2D eigenvalue weighted by molar-refractivity contribution is 1.02. The summed E-state index contributed by atoms with van der Waals surface area (Å²) in [6.45, 7) is 7.12. The van der Waals surface area contributed by atoms with Crippen molar-refractivity contribution < 1.29 is 0 Å². The molecule has 131 valence electrons. The predicted octanol–water partition coefficient (Wildman–Crippen LogP) is 2.68. The van der Waals surface area contributed by atoms with E-state index in [1.165, 1.54) is 5.46 Å². The normalized spacial score (nSPS) is 8.81. The van der Waals surface area contributed by atoms with Gasteiger partial charge in [-0.1, -0.05) is 42.4 Å². The Morgan fingerprint density at radius 2 is 1.42 bits per heavy atom. The lowest BCUT2D eigenvalue weighted by atomic mass is 9.71. The van der Waals surface area contributed by atoms with Gasteiger partial charge in [-0.05, 0) is 46.3 Å². The van der Waals surface area contributed by atoms with Crippen LogP contribution in [0.25, 0.3) is 6.08 Å². The van der Waals surface area contributed by atoms with Gasteiger partial charge in [0.25, 0.3) is 0 Å². The molecule has 0 aliphatic carbocycles. The molecule has 0 atom stereocenters. The van der Waals surface area contributed by atoms with E-state index in [-0.39, 0.29) is 0 Å². The van der Waals surface area contributed by atoms with E-state index in [4.69, 9.17) is 11.5 Å². The molecule has 0 saturated carbocycles. The fraction of sp³-hybridized carbons (Fsp3) is 0.